The van der Waals surface area contributed by atoms with Crippen molar-refractivity contribution >= 4 is 5.91 Å². The molecular formula is C15H28N2O. The lowest BCUT2D eigenvalue weighted by Crippen LogP contribution is -2.50. The van der Waals surface area contributed by atoms with Gasteiger partial charge in [0.15, 0.2) is 0 Å². The molecule has 0 aromatic carbocycles. The SMILES string of the molecule is CC1(NC(=O)CCCCN2CCCCC2)CCC1. The summed E-state index contributed by atoms with van der Waals surface area (Å²) < 4.78 is 0. The number of carbonyl (C=O) groups is 1. The van der Waals surface area contributed by atoms with Crippen molar-refractivity contribution in [2.24, 2.45) is 0 Å². The fourth-order valence-electron chi connectivity index (χ4n) is 3.04. The monoisotopic (exact) mass is 252 g/mol. The molecule has 0 aromatic heterocycles. The molecule has 1 aliphatic carbocycles. The van der Waals surface area contributed by atoms with Gasteiger partial charge in [-0.05, 0) is 71.5 Å². The van der Waals surface area contributed by atoms with Gasteiger partial charge in [0.2, 0.25) is 5.91 Å². The first-order chi connectivity index (χ1) is 8.68. The molecule has 1 N–H and O–H groups in total. The molecule has 2 fully saturated rings. The summed E-state index contributed by atoms with van der Waals surface area (Å²) in [4.78, 5) is 14.3. The van der Waals surface area contributed by atoms with Crippen molar-refractivity contribution in [3.8, 4) is 0 Å². The number of unbranched alkanes of at least 4 members (excludes halogenated alkanes) is 1. The highest BCUT2D eigenvalue weighted by Crippen LogP contribution is 2.30. The summed E-state index contributed by atoms with van der Waals surface area (Å²) in [5.74, 6) is 0.260. The molecule has 1 saturated heterocycles. The van der Waals surface area contributed by atoms with E-state index in [1.807, 2.05) is 0 Å². The minimum Gasteiger partial charge on any atom is -0.351 e. The smallest absolute Gasteiger partial charge is 0.220 e. The second-order valence-electron chi connectivity index (χ2n) is 6.32. The molecule has 2 aliphatic rings. The van der Waals surface area contributed by atoms with Gasteiger partial charge in [-0.1, -0.05) is 6.42 Å². The molecule has 18 heavy (non-hydrogen) atoms. The van der Waals surface area contributed by atoms with E-state index in [1.165, 1.54) is 51.7 Å². The Morgan fingerprint density at radius 2 is 1.83 bits per heavy atom. The topological polar surface area (TPSA) is 32.3 Å². The maximum Gasteiger partial charge on any atom is 0.220 e. The molecule has 3 nitrogen and oxygen atoms in total. The average Bonchev–Trinajstić information content (AvgIpc) is 2.34. The van der Waals surface area contributed by atoms with E-state index in [9.17, 15) is 4.79 Å². The Balaban J connectivity index is 1.50. The molecule has 1 aliphatic heterocycles. The van der Waals surface area contributed by atoms with E-state index in [0.717, 1.165) is 19.3 Å². The van der Waals surface area contributed by atoms with Gasteiger partial charge in [0.1, 0.15) is 0 Å². The van der Waals surface area contributed by atoms with Crippen LogP contribution >= 0.6 is 0 Å². The highest BCUT2D eigenvalue weighted by atomic mass is 16.1. The number of rotatable bonds is 6. The van der Waals surface area contributed by atoms with E-state index in [4.69, 9.17) is 0 Å². The number of amides is 1. The first-order valence-electron chi connectivity index (χ1n) is 7.71. The van der Waals surface area contributed by atoms with Crippen LogP contribution in [0.4, 0.5) is 0 Å². The van der Waals surface area contributed by atoms with E-state index in [0.29, 0.717) is 6.42 Å². The summed E-state index contributed by atoms with van der Waals surface area (Å²) in [6.07, 6.45) is 10.6. The maximum atomic E-state index is 11.8. The summed E-state index contributed by atoms with van der Waals surface area (Å²) in [6.45, 7) is 5.89. The molecule has 0 radical (unpaired) electrons. The van der Waals surface area contributed by atoms with Gasteiger partial charge in [-0.25, -0.2) is 0 Å². The van der Waals surface area contributed by atoms with Crippen molar-refractivity contribution in [3.63, 3.8) is 0 Å². The lowest BCUT2D eigenvalue weighted by atomic mass is 9.78. The normalized spacial score (nSPS) is 23.4. The van der Waals surface area contributed by atoms with E-state index in [1.54, 1.807) is 0 Å². The number of piperidine rings is 1. The summed E-state index contributed by atoms with van der Waals surface area (Å²) >= 11 is 0. The molecule has 0 spiro atoms. The predicted molar refractivity (Wildman–Crippen MR) is 74.5 cm³/mol. The third-order valence-electron chi connectivity index (χ3n) is 4.48. The highest BCUT2D eigenvalue weighted by Gasteiger charge is 2.32. The van der Waals surface area contributed by atoms with E-state index in [2.05, 4.69) is 17.1 Å². The lowest BCUT2D eigenvalue weighted by molar-refractivity contribution is -0.123. The quantitative estimate of drug-likeness (QED) is 0.737. The van der Waals surface area contributed by atoms with Crippen molar-refractivity contribution in [1.29, 1.82) is 0 Å². The third-order valence-corrected chi connectivity index (χ3v) is 4.48. The number of nitrogens with zero attached hydrogens (tertiary/aromatic N) is 1. The van der Waals surface area contributed by atoms with Crippen LogP contribution in [0.5, 0.6) is 0 Å². The Bertz CT molecular complexity index is 268. The van der Waals surface area contributed by atoms with Crippen LogP contribution in [0.2, 0.25) is 0 Å². The zero-order valence-corrected chi connectivity index (χ0v) is 11.8. The van der Waals surface area contributed by atoms with E-state index < -0.39 is 0 Å². The number of hydrogen-bond donors (Lipinski definition) is 1. The molecular weight excluding hydrogens is 224 g/mol. The maximum absolute atomic E-state index is 11.8. The van der Waals surface area contributed by atoms with Crippen molar-refractivity contribution < 1.29 is 4.79 Å². The Hall–Kier alpha value is -0.570. The molecule has 0 aromatic rings. The van der Waals surface area contributed by atoms with Gasteiger partial charge in [-0.2, -0.15) is 0 Å². The molecule has 1 saturated carbocycles. The number of hydrogen-bond acceptors (Lipinski definition) is 2. The lowest BCUT2D eigenvalue weighted by Gasteiger charge is -2.39. The molecule has 1 heterocycles. The summed E-state index contributed by atoms with van der Waals surface area (Å²) in [5.41, 5.74) is 0.129. The first kappa shape index (κ1) is 13.9. The minimum atomic E-state index is 0.129. The predicted octanol–water partition coefficient (Wildman–Crippen LogP) is 2.70. The zero-order valence-electron chi connectivity index (χ0n) is 11.8. The molecule has 104 valence electrons. The second kappa shape index (κ2) is 6.55. The fraction of sp³-hybridized carbons (Fsp3) is 0.933. The fourth-order valence-corrected chi connectivity index (χ4v) is 3.04. The van der Waals surface area contributed by atoms with Crippen LogP contribution in [0.1, 0.15) is 64.7 Å². The van der Waals surface area contributed by atoms with Gasteiger partial charge in [-0.3, -0.25) is 4.79 Å². The van der Waals surface area contributed by atoms with Crippen LogP contribution in [-0.2, 0) is 4.79 Å². The van der Waals surface area contributed by atoms with Gasteiger partial charge >= 0.3 is 0 Å². The van der Waals surface area contributed by atoms with Gasteiger partial charge in [0.05, 0.1) is 0 Å². The Morgan fingerprint density at radius 3 is 2.44 bits per heavy atom. The third kappa shape index (κ3) is 4.27. The summed E-state index contributed by atoms with van der Waals surface area (Å²) in [6, 6.07) is 0. The summed E-state index contributed by atoms with van der Waals surface area (Å²) in [5, 5.41) is 3.18. The molecule has 0 unspecified atom stereocenters. The van der Waals surface area contributed by atoms with Crippen molar-refractivity contribution in [3.05, 3.63) is 0 Å². The van der Waals surface area contributed by atoms with Crippen molar-refractivity contribution in [2.75, 3.05) is 19.6 Å². The molecule has 2 rings (SSSR count). The number of carbonyl (C=O) groups excluding carboxylic acids is 1. The van der Waals surface area contributed by atoms with Crippen molar-refractivity contribution in [1.82, 2.24) is 10.2 Å². The van der Waals surface area contributed by atoms with Gasteiger partial charge in [-0.15, -0.1) is 0 Å². The first-order valence-corrected chi connectivity index (χ1v) is 7.71. The van der Waals surface area contributed by atoms with Crippen LogP contribution in [0.3, 0.4) is 0 Å². The second-order valence-corrected chi connectivity index (χ2v) is 6.32. The number of likely N-dealkylation sites (tertiary alicyclic amines) is 1. The van der Waals surface area contributed by atoms with Gasteiger partial charge < -0.3 is 10.2 Å². The largest absolute Gasteiger partial charge is 0.351 e. The molecule has 1 amide bonds. The number of nitrogens with one attached hydrogen (secondary N) is 1. The average molecular weight is 252 g/mol. The minimum absolute atomic E-state index is 0.129. The van der Waals surface area contributed by atoms with Crippen LogP contribution < -0.4 is 5.32 Å². The zero-order chi connectivity index (χ0) is 12.8. The van der Waals surface area contributed by atoms with Gasteiger partial charge in [0, 0.05) is 12.0 Å². The molecule has 0 bridgehead atoms. The van der Waals surface area contributed by atoms with E-state index in [-0.39, 0.29) is 11.4 Å². The van der Waals surface area contributed by atoms with Crippen LogP contribution in [-0.4, -0.2) is 36.0 Å². The highest BCUT2D eigenvalue weighted by molar-refractivity contribution is 5.76. The molecule has 0 atom stereocenters. The van der Waals surface area contributed by atoms with Crippen LogP contribution in [0, 0.1) is 0 Å². The van der Waals surface area contributed by atoms with E-state index >= 15 is 0 Å². The Labute approximate surface area is 111 Å². The Morgan fingerprint density at radius 1 is 1.11 bits per heavy atom. The van der Waals surface area contributed by atoms with Crippen LogP contribution in [0.15, 0.2) is 0 Å². The Kier molecular flexibility index (Phi) is 5.04. The summed E-state index contributed by atoms with van der Waals surface area (Å²) in [7, 11) is 0. The standard InChI is InChI=1S/C15H28N2O/c1-15(9-7-10-15)16-14(18)8-3-6-13-17-11-4-2-5-12-17/h2-13H2,1H3,(H,16,18). The van der Waals surface area contributed by atoms with Gasteiger partial charge in [0.25, 0.3) is 0 Å². The van der Waals surface area contributed by atoms with Crippen LogP contribution in [0.25, 0.3) is 0 Å². The van der Waals surface area contributed by atoms with Crippen molar-refractivity contribution in [2.45, 2.75) is 70.3 Å². The molecule has 3 heteroatoms.